The van der Waals surface area contributed by atoms with Gasteiger partial charge in [0.1, 0.15) is 5.75 Å². The summed E-state index contributed by atoms with van der Waals surface area (Å²) in [6, 6.07) is 4.19. The number of allylic oxidation sites excluding steroid dienone is 1. The second kappa shape index (κ2) is 8.34. The number of carbonyl (C=O) groups excluding carboxylic acids is 2. The van der Waals surface area contributed by atoms with E-state index >= 15 is 0 Å². The molecule has 7 nitrogen and oxygen atoms in total. The van der Waals surface area contributed by atoms with E-state index in [2.05, 4.69) is 11.3 Å². The summed E-state index contributed by atoms with van der Waals surface area (Å²) in [6.07, 6.45) is 2.29. The number of ether oxygens (including phenoxy) is 2. The summed E-state index contributed by atoms with van der Waals surface area (Å²) in [5, 5.41) is 0. The molecule has 2 atom stereocenters. The van der Waals surface area contributed by atoms with E-state index in [-0.39, 0.29) is 29.9 Å². The molecule has 1 aliphatic rings. The van der Waals surface area contributed by atoms with Crippen molar-refractivity contribution < 1.29 is 27.5 Å². The van der Waals surface area contributed by atoms with Crippen molar-refractivity contribution in [2.45, 2.75) is 39.0 Å². The summed E-state index contributed by atoms with van der Waals surface area (Å²) in [4.78, 5) is 24.0. The van der Waals surface area contributed by atoms with Crippen LogP contribution in [-0.4, -0.2) is 33.5 Å². The maximum atomic E-state index is 12.7. The molecule has 28 heavy (non-hydrogen) atoms. The van der Waals surface area contributed by atoms with Crippen LogP contribution in [0.5, 0.6) is 5.75 Å². The molecule has 1 N–H and O–H groups in total. The Morgan fingerprint density at radius 3 is 2.57 bits per heavy atom. The maximum absolute atomic E-state index is 12.7. The number of rotatable bonds is 9. The zero-order chi connectivity index (χ0) is 21.1. The summed E-state index contributed by atoms with van der Waals surface area (Å²) in [6.45, 7) is 10.9. The van der Waals surface area contributed by atoms with Gasteiger partial charge in [0, 0.05) is 0 Å². The van der Waals surface area contributed by atoms with E-state index in [0.717, 1.165) is 0 Å². The van der Waals surface area contributed by atoms with Gasteiger partial charge in [-0.2, -0.15) is 0 Å². The Kier molecular flexibility index (Phi) is 6.54. The Morgan fingerprint density at radius 1 is 1.39 bits per heavy atom. The van der Waals surface area contributed by atoms with Gasteiger partial charge in [-0.1, -0.05) is 19.9 Å². The van der Waals surface area contributed by atoms with Gasteiger partial charge in [0.2, 0.25) is 5.91 Å². The predicted molar refractivity (Wildman–Crippen MR) is 104 cm³/mol. The van der Waals surface area contributed by atoms with Gasteiger partial charge < -0.3 is 9.47 Å². The molecule has 0 bridgehead atoms. The van der Waals surface area contributed by atoms with Gasteiger partial charge >= 0.3 is 5.97 Å². The monoisotopic (exact) mass is 409 g/mol. The molecule has 1 amide bonds. The second-order valence-electron chi connectivity index (χ2n) is 7.20. The quantitative estimate of drug-likeness (QED) is 0.497. The minimum absolute atomic E-state index is 0.00825. The van der Waals surface area contributed by atoms with Crippen LogP contribution in [-0.2, 0) is 24.3 Å². The van der Waals surface area contributed by atoms with E-state index in [9.17, 15) is 18.0 Å². The van der Waals surface area contributed by atoms with Gasteiger partial charge in [-0.15, -0.1) is 6.58 Å². The van der Waals surface area contributed by atoms with E-state index < -0.39 is 27.3 Å². The van der Waals surface area contributed by atoms with E-state index in [1.54, 1.807) is 19.9 Å². The van der Waals surface area contributed by atoms with Crippen LogP contribution < -0.4 is 9.46 Å². The Morgan fingerprint density at radius 2 is 2.07 bits per heavy atom. The van der Waals surface area contributed by atoms with Crippen molar-refractivity contribution in [1.29, 1.82) is 0 Å². The smallest absolute Gasteiger partial charge is 0.344 e. The molecule has 2 rings (SSSR count). The van der Waals surface area contributed by atoms with Gasteiger partial charge in [0.15, 0.2) is 6.61 Å². The highest BCUT2D eigenvalue weighted by Crippen LogP contribution is 2.58. The van der Waals surface area contributed by atoms with Crippen LogP contribution in [0.25, 0.3) is 0 Å². The summed E-state index contributed by atoms with van der Waals surface area (Å²) in [7, 11) is -4.03. The lowest BCUT2D eigenvalue weighted by Gasteiger charge is -2.20. The third-order valence-electron chi connectivity index (χ3n) is 5.13. The van der Waals surface area contributed by atoms with Gasteiger partial charge in [-0.05, 0) is 55.9 Å². The summed E-state index contributed by atoms with van der Waals surface area (Å²) in [5.41, 5.74) is -0.208. The van der Waals surface area contributed by atoms with Gasteiger partial charge in [0.25, 0.3) is 10.0 Å². The SMILES string of the molecule is C=C[C@@H]1C[C@@]1(C(=O)NS(=O)(=O)c1ccc(OCC(=O)OCC)c(C)c1)C(C)C. The summed E-state index contributed by atoms with van der Waals surface area (Å²) >= 11 is 0. The lowest BCUT2D eigenvalue weighted by molar-refractivity contribution is -0.145. The van der Waals surface area contributed by atoms with Crippen molar-refractivity contribution in [2.24, 2.45) is 17.3 Å². The first kappa shape index (κ1) is 21.9. The Hall–Kier alpha value is -2.35. The Labute approximate surface area is 166 Å². The number of carbonyl (C=O) groups is 2. The maximum Gasteiger partial charge on any atom is 0.344 e. The molecule has 1 aliphatic carbocycles. The van der Waals surface area contributed by atoms with Gasteiger partial charge in [0.05, 0.1) is 16.9 Å². The molecule has 1 saturated carbocycles. The molecule has 0 aromatic heterocycles. The summed E-state index contributed by atoms with van der Waals surface area (Å²) in [5.74, 6) is -0.682. The molecule has 1 fully saturated rings. The van der Waals surface area contributed by atoms with Gasteiger partial charge in [-0.3, -0.25) is 4.79 Å². The number of esters is 1. The molecule has 0 saturated heterocycles. The van der Waals surface area contributed by atoms with Crippen LogP contribution in [0.3, 0.4) is 0 Å². The number of benzene rings is 1. The molecule has 1 aromatic carbocycles. The molecule has 0 heterocycles. The third-order valence-corrected chi connectivity index (χ3v) is 6.46. The van der Waals surface area contributed by atoms with Crippen molar-refractivity contribution >= 4 is 21.9 Å². The molecule has 154 valence electrons. The van der Waals surface area contributed by atoms with Crippen molar-refractivity contribution in [3.05, 3.63) is 36.4 Å². The fraction of sp³-hybridized carbons (Fsp3) is 0.500. The highest BCUT2D eigenvalue weighted by molar-refractivity contribution is 7.90. The first-order chi connectivity index (χ1) is 13.1. The van der Waals surface area contributed by atoms with Gasteiger partial charge in [-0.25, -0.2) is 17.9 Å². The van der Waals surface area contributed by atoms with Crippen LogP contribution in [0.15, 0.2) is 35.7 Å². The molecular formula is C20H27NO6S. The Balaban J connectivity index is 2.13. The lowest BCUT2D eigenvalue weighted by atomic mass is 9.89. The number of hydrogen-bond acceptors (Lipinski definition) is 6. The van der Waals surface area contributed by atoms with Crippen molar-refractivity contribution in [2.75, 3.05) is 13.2 Å². The van der Waals surface area contributed by atoms with Crippen LogP contribution in [0, 0.1) is 24.2 Å². The van der Waals surface area contributed by atoms with Crippen molar-refractivity contribution in [3.63, 3.8) is 0 Å². The average molecular weight is 410 g/mol. The van der Waals surface area contributed by atoms with Crippen molar-refractivity contribution in [3.8, 4) is 5.75 Å². The van der Waals surface area contributed by atoms with E-state index in [4.69, 9.17) is 9.47 Å². The molecule has 1 aromatic rings. The standard InChI is InChI=1S/C20H27NO6S/c1-6-15-11-20(15,13(3)4)19(23)21-28(24,25)16-8-9-17(14(5)10-16)27-12-18(22)26-7-2/h6,8-10,13,15H,1,7,11-12H2,2-5H3,(H,21,23)/t15-,20-/m1/s1. The molecule has 0 unspecified atom stereocenters. The zero-order valence-corrected chi connectivity index (χ0v) is 17.5. The first-order valence-electron chi connectivity index (χ1n) is 9.17. The second-order valence-corrected chi connectivity index (χ2v) is 8.88. The normalized spacial score (nSPS) is 21.1. The van der Waals surface area contributed by atoms with Crippen LogP contribution >= 0.6 is 0 Å². The van der Waals surface area contributed by atoms with Crippen molar-refractivity contribution in [1.82, 2.24) is 4.72 Å². The molecule has 8 heteroatoms. The molecule has 0 aliphatic heterocycles. The largest absolute Gasteiger partial charge is 0.482 e. The average Bonchev–Trinajstić information content (AvgIpc) is 3.37. The van der Waals surface area contributed by atoms with E-state index in [1.165, 1.54) is 18.2 Å². The van der Waals surface area contributed by atoms with Crippen LogP contribution in [0.2, 0.25) is 0 Å². The zero-order valence-electron chi connectivity index (χ0n) is 16.7. The molecular weight excluding hydrogens is 382 g/mol. The minimum Gasteiger partial charge on any atom is -0.482 e. The summed E-state index contributed by atoms with van der Waals surface area (Å²) < 4.78 is 37.7. The lowest BCUT2D eigenvalue weighted by Crippen LogP contribution is -2.40. The minimum atomic E-state index is -4.03. The van der Waals surface area contributed by atoms with E-state index in [1.807, 2.05) is 13.8 Å². The van der Waals surface area contributed by atoms with Crippen LogP contribution in [0.4, 0.5) is 0 Å². The van der Waals surface area contributed by atoms with E-state index in [0.29, 0.717) is 17.7 Å². The molecule has 0 spiro atoms. The predicted octanol–water partition coefficient (Wildman–Crippen LogP) is 2.59. The number of nitrogens with one attached hydrogen (secondary N) is 1. The molecule has 0 radical (unpaired) electrons. The topological polar surface area (TPSA) is 98.8 Å². The number of sulfonamides is 1. The first-order valence-corrected chi connectivity index (χ1v) is 10.7. The van der Waals surface area contributed by atoms with Crippen LogP contribution in [0.1, 0.15) is 32.8 Å². The third kappa shape index (κ3) is 4.38. The number of amides is 1. The highest BCUT2D eigenvalue weighted by Gasteiger charge is 2.60. The number of aryl methyl sites for hydroxylation is 1. The highest BCUT2D eigenvalue weighted by atomic mass is 32.2. The fourth-order valence-corrected chi connectivity index (χ4v) is 4.48. The fourth-order valence-electron chi connectivity index (χ4n) is 3.35. The number of hydrogen-bond donors (Lipinski definition) is 1. The Bertz CT molecular complexity index is 877.